The number of aliphatic imine (C=N–C) groups is 1. The fourth-order valence-electron chi connectivity index (χ4n) is 4.52. The van der Waals surface area contributed by atoms with Gasteiger partial charge in [0.05, 0.1) is 24.3 Å². The van der Waals surface area contributed by atoms with Gasteiger partial charge in [-0.3, -0.25) is 14.6 Å². The first-order chi connectivity index (χ1) is 18.4. The number of carbonyl (C=O) groups excluding carboxylic acids is 2. The summed E-state index contributed by atoms with van der Waals surface area (Å²) in [5.74, 6) is 0.109. The van der Waals surface area contributed by atoms with E-state index in [-0.39, 0.29) is 29.8 Å². The van der Waals surface area contributed by atoms with E-state index in [0.717, 1.165) is 29.5 Å². The molecule has 1 amide bonds. The molecular formula is C30H30FN3O4. The highest BCUT2D eigenvalue weighted by molar-refractivity contribution is 5.98. The Labute approximate surface area is 221 Å². The van der Waals surface area contributed by atoms with Crippen molar-refractivity contribution in [1.29, 1.82) is 0 Å². The molecule has 3 aromatic rings. The van der Waals surface area contributed by atoms with Gasteiger partial charge in [-0.25, -0.2) is 9.37 Å². The lowest BCUT2D eigenvalue weighted by Gasteiger charge is -2.20. The number of hydrogen-bond acceptors (Lipinski definition) is 6. The molecule has 0 atom stereocenters. The van der Waals surface area contributed by atoms with Crippen LogP contribution in [0.25, 0.3) is 11.1 Å². The molecule has 0 spiro atoms. The number of amides is 1. The van der Waals surface area contributed by atoms with Crippen LogP contribution in [0, 0.1) is 5.82 Å². The zero-order valence-electron chi connectivity index (χ0n) is 21.8. The van der Waals surface area contributed by atoms with Gasteiger partial charge in [-0.05, 0) is 66.8 Å². The highest BCUT2D eigenvalue weighted by Gasteiger charge is 2.28. The molecule has 196 valence electrons. The van der Waals surface area contributed by atoms with Gasteiger partial charge in [-0.15, -0.1) is 0 Å². The number of rotatable bonds is 10. The van der Waals surface area contributed by atoms with Crippen molar-refractivity contribution < 1.29 is 23.5 Å². The lowest BCUT2D eigenvalue weighted by molar-refractivity contribution is 0.0784. The van der Waals surface area contributed by atoms with Gasteiger partial charge in [0, 0.05) is 43.6 Å². The summed E-state index contributed by atoms with van der Waals surface area (Å²) in [4.78, 5) is 36.1. The molecule has 0 bridgehead atoms. The van der Waals surface area contributed by atoms with E-state index >= 15 is 0 Å². The molecule has 2 aromatic carbocycles. The zero-order chi connectivity index (χ0) is 26.8. The van der Waals surface area contributed by atoms with E-state index in [9.17, 15) is 14.0 Å². The van der Waals surface area contributed by atoms with Crippen LogP contribution in [0.1, 0.15) is 70.5 Å². The first-order valence-corrected chi connectivity index (χ1v) is 12.9. The molecule has 1 aliphatic carbocycles. The smallest absolute Gasteiger partial charge is 0.254 e. The first-order valence-electron chi connectivity index (χ1n) is 12.9. The molecule has 1 aliphatic heterocycles. The Bertz CT molecular complexity index is 1430. The number of ether oxygens (including phenoxy) is 2. The number of nitrogens with zero attached hydrogens (tertiary/aromatic N) is 3. The van der Waals surface area contributed by atoms with E-state index in [0.29, 0.717) is 48.0 Å². The summed E-state index contributed by atoms with van der Waals surface area (Å²) < 4.78 is 26.0. The highest BCUT2D eigenvalue weighted by Crippen LogP contribution is 2.34. The standard InChI is InChI=1S/C30H30FN3O4/c1-4-27(35)23-12-18(7-11-26(23)31)22-10-6-19(13-28(22)37-5-2)30(36)34(3)17-20-14-33-29(38-21-8-9-21)25-16-32-15-24(20)25/h6-7,10-14,16,21H,4-5,8-9,15,17H2,1-3H3. The lowest BCUT2D eigenvalue weighted by atomic mass is 9.98. The van der Waals surface area contributed by atoms with Crippen LogP contribution in [0.2, 0.25) is 0 Å². The third-order valence-corrected chi connectivity index (χ3v) is 6.73. The highest BCUT2D eigenvalue weighted by atomic mass is 19.1. The number of pyridine rings is 1. The summed E-state index contributed by atoms with van der Waals surface area (Å²) in [6.45, 7) is 4.85. The van der Waals surface area contributed by atoms with E-state index in [4.69, 9.17) is 9.47 Å². The molecular weight excluding hydrogens is 485 g/mol. The Balaban J connectivity index is 1.39. The Morgan fingerprint density at radius 1 is 1.13 bits per heavy atom. The molecule has 2 heterocycles. The van der Waals surface area contributed by atoms with Crippen molar-refractivity contribution in [3.8, 4) is 22.8 Å². The zero-order valence-corrected chi connectivity index (χ0v) is 21.8. The normalized spacial score (nSPS) is 13.8. The summed E-state index contributed by atoms with van der Waals surface area (Å²) in [7, 11) is 1.75. The van der Waals surface area contributed by atoms with Crippen LogP contribution in [0.4, 0.5) is 4.39 Å². The quantitative estimate of drug-likeness (QED) is 0.327. The van der Waals surface area contributed by atoms with Gasteiger partial charge in [0.2, 0.25) is 5.88 Å². The number of Topliss-reactive ketones (excluding diaryl/α,β-unsaturated/α-hetero) is 1. The average molecular weight is 516 g/mol. The lowest BCUT2D eigenvalue weighted by Crippen LogP contribution is -2.27. The maximum absolute atomic E-state index is 14.3. The molecule has 2 aliphatic rings. The van der Waals surface area contributed by atoms with Gasteiger partial charge >= 0.3 is 0 Å². The Morgan fingerprint density at radius 3 is 2.68 bits per heavy atom. The van der Waals surface area contributed by atoms with Gasteiger partial charge in [0.15, 0.2) is 5.78 Å². The number of fused-ring (bicyclic) bond motifs is 1. The van der Waals surface area contributed by atoms with Crippen LogP contribution in [-0.2, 0) is 13.1 Å². The predicted molar refractivity (Wildman–Crippen MR) is 143 cm³/mol. The Morgan fingerprint density at radius 2 is 1.95 bits per heavy atom. The molecule has 0 N–H and O–H groups in total. The topological polar surface area (TPSA) is 81.1 Å². The van der Waals surface area contributed by atoms with Crippen molar-refractivity contribution in [3.05, 3.63) is 76.2 Å². The number of ketones is 1. The van der Waals surface area contributed by atoms with E-state index in [2.05, 4.69) is 9.98 Å². The second kappa shape index (κ2) is 10.7. The number of halogens is 1. The molecule has 1 saturated carbocycles. The summed E-state index contributed by atoms with van der Waals surface area (Å²) in [6.07, 6.45) is 6.12. The maximum Gasteiger partial charge on any atom is 0.254 e. The minimum Gasteiger partial charge on any atom is -0.493 e. The fourth-order valence-corrected chi connectivity index (χ4v) is 4.52. The largest absolute Gasteiger partial charge is 0.493 e. The van der Waals surface area contributed by atoms with Crippen molar-refractivity contribution >= 4 is 17.9 Å². The summed E-state index contributed by atoms with van der Waals surface area (Å²) >= 11 is 0. The van der Waals surface area contributed by atoms with Crippen LogP contribution < -0.4 is 9.47 Å². The van der Waals surface area contributed by atoms with Crippen LogP contribution >= 0.6 is 0 Å². The van der Waals surface area contributed by atoms with Crippen molar-refractivity contribution in [1.82, 2.24) is 9.88 Å². The molecule has 0 saturated heterocycles. The number of carbonyl (C=O) groups is 2. The summed E-state index contributed by atoms with van der Waals surface area (Å²) in [5.41, 5.74) is 4.70. The molecule has 0 radical (unpaired) electrons. The molecule has 5 rings (SSSR count). The third-order valence-electron chi connectivity index (χ3n) is 6.73. The minimum atomic E-state index is -0.550. The van der Waals surface area contributed by atoms with E-state index in [1.807, 2.05) is 6.92 Å². The van der Waals surface area contributed by atoms with Crippen molar-refractivity contribution in [2.24, 2.45) is 4.99 Å². The SMILES string of the molecule is CCOc1cc(C(=O)N(C)Cc2cnc(OC3CC3)c3c2CN=C3)ccc1-c1ccc(F)c(C(=O)CC)c1. The van der Waals surface area contributed by atoms with Crippen LogP contribution in [0.3, 0.4) is 0 Å². The van der Waals surface area contributed by atoms with Gasteiger partial charge in [0.25, 0.3) is 5.91 Å². The summed E-state index contributed by atoms with van der Waals surface area (Å²) in [6, 6.07) is 9.63. The van der Waals surface area contributed by atoms with Gasteiger partial charge in [-0.2, -0.15) is 0 Å². The third kappa shape index (κ3) is 5.16. The molecule has 1 aromatic heterocycles. The van der Waals surface area contributed by atoms with Gasteiger partial charge < -0.3 is 14.4 Å². The van der Waals surface area contributed by atoms with Crippen LogP contribution in [0.15, 0.2) is 47.6 Å². The second-order valence-corrected chi connectivity index (χ2v) is 9.54. The maximum atomic E-state index is 14.3. The number of hydrogen-bond donors (Lipinski definition) is 0. The molecule has 38 heavy (non-hydrogen) atoms. The van der Waals surface area contributed by atoms with Gasteiger partial charge in [0.1, 0.15) is 17.7 Å². The monoisotopic (exact) mass is 515 g/mol. The molecule has 1 fully saturated rings. The first kappa shape index (κ1) is 25.6. The van der Waals surface area contributed by atoms with Crippen molar-refractivity contribution in [2.45, 2.75) is 52.3 Å². The average Bonchev–Trinajstić information content (AvgIpc) is 3.60. The van der Waals surface area contributed by atoms with Gasteiger partial charge in [-0.1, -0.05) is 13.0 Å². The number of aromatic nitrogens is 1. The van der Waals surface area contributed by atoms with Crippen molar-refractivity contribution in [2.75, 3.05) is 13.7 Å². The minimum absolute atomic E-state index is 0.0472. The van der Waals surface area contributed by atoms with E-state index < -0.39 is 5.82 Å². The second-order valence-electron chi connectivity index (χ2n) is 9.54. The van der Waals surface area contributed by atoms with Crippen molar-refractivity contribution in [3.63, 3.8) is 0 Å². The Hall–Kier alpha value is -4.07. The van der Waals surface area contributed by atoms with Crippen LogP contribution in [0.5, 0.6) is 11.6 Å². The Kier molecular flexibility index (Phi) is 7.22. The molecule has 0 unspecified atom stereocenters. The molecule has 7 nitrogen and oxygen atoms in total. The predicted octanol–water partition coefficient (Wildman–Crippen LogP) is 5.63. The summed E-state index contributed by atoms with van der Waals surface area (Å²) in [5, 5.41) is 0. The number of benzene rings is 2. The molecule has 8 heteroatoms. The van der Waals surface area contributed by atoms with E-state index in [1.54, 1.807) is 61.6 Å². The van der Waals surface area contributed by atoms with E-state index in [1.165, 1.54) is 6.07 Å². The van der Waals surface area contributed by atoms with Crippen LogP contribution in [-0.4, -0.2) is 47.5 Å². The fraction of sp³-hybridized carbons (Fsp3) is 0.333.